The van der Waals surface area contributed by atoms with Crippen LogP contribution in [0.5, 0.6) is 0 Å². The highest BCUT2D eigenvalue weighted by atomic mass is 32.2. The second-order valence-corrected chi connectivity index (χ2v) is 11.8. The molecule has 2 rings (SSSR count). The van der Waals surface area contributed by atoms with Gasteiger partial charge in [0.2, 0.25) is 10.0 Å². The number of carbonyl (C=O) groups is 1. The minimum absolute atomic E-state index is 0.162. The van der Waals surface area contributed by atoms with Crippen molar-refractivity contribution in [1.29, 1.82) is 0 Å². The van der Waals surface area contributed by atoms with E-state index in [1.54, 1.807) is 18.2 Å². The van der Waals surface area contributed by atoms with E-state index in [9.17, 15) is 18.3 Å². The molecule has 0 aliphatic rings. The monoisotopic (exact) mass is 476 g/mol. The molecule has 0 amide bonds. The Morgan fingerprint density at radius 2 is 1.58 bits per heavy atom. The van der Waals surface area contributed by atoms with E-state index in [0.717, 1.165) is 29.4 Å². The van der Waals surface area contributed by atoms with Gasteiger partial charge in [-0.05, 0) is 65.6 Å². The highest BCUT2D eigenvalue weighted by molar-refractivity contribution is 7.89. The van der Waals surface area contributed by atoms with E-state index < -0.39 is 28.5 Å². The molecular formula is C26H40N2O4S. The Balaban J connectivity index is 2.47. The molecule has 1 atom stereocenters. The predicted octanol–water partition coefficient (Wildman–Crippen LogP) is 4.92. The topological polar surface area (TPSA) is 86.7 Å². The van der Waals surface area contributed by atoms with E-state index >= 15 is 0 Å². The highest BCUT2D eigenvalue weighted by Gasteiger charge is 2.37. The molecule has 7 heteroatoms. The highest BCUT2D eigenvalue weighted by Crippen LogP contribution is 2.28. The molecule has 0 aliphatic carbocycles. The Bertz CT molecular complexity index is 1030. The molecule has 0 spiro atoms. The molecule has 0 saturated heterocycles. The Morgan fingerprint density at radius 1 is 0.939 bits per heavy atom. The molecule has 1 unspecified atom stereocenters. The van der Waals surface area contributed by atoms with Crippen molar-refractivity contribution in [3.8, 4) is 0 Å². The van der Waals surface area contributed by atoms with Gasteiger partial charge < -0.3 is 10.4 Å². The lowest BCUT2D eigenvalue weighted by molar-refractivity contribution is -0.126. The number of aliphatic hydroxyl groups is 1. The van der Waals surface area contributed by atoms with E-state index in [1.807, 2.05) is 45.9 Å². The third-order valence-corrected chi connectivity index (χ3v) is 7.70. The molecule has 0 saturated carbocycles. The molecule has 2 aromatic carbocycles. The Morgan fingerprint density at radius 3 is 2.15 bits per heavy atom. The van der Waals surface area contributed by atoms with Crippen molar-refractivity contribution in [3.63, 3.8) is 0 Å². The number of anilines is 1. The number of hydrogen-bond donors (Lipinski definition) is 2. The first kappa shape index (κ1) is 27.3. The molecule has 33 heavy (non-hydrogen) atoms. The van der Waals surface area contributed by atoms with Crippen LogP contribution in [-0.4, -0.2) is 49.4 Å². The maximum absolute atomic E-state index is 13.8. The summed E-state index contributed by atoms with van der Waals surface area (Å²) in [5, 5.41) is 14.7. The summed E-state index contributed by atoms with van der Waals surface area (Å²) in [6, 6.07) is 10.1. The molecule has 0 aromatic heterocycles. The van der Waals surface area contributed by atoms with Crippen LogP contribution in [0.1, 0.15) is 54.4 Å². The molecule has 184 valence electrons. The number of ketones is 1. The van der Waals surface area contributed by atoms with Crippen LogP contribution in [0.3, 0.4) is 0 Å². The molecule has 0 heterocycles. The third-order valence-electron chi connectivity index (χ3n) is 5.82. The lowest BCUT2D eigenvalue weighted by Crippen LogP contribution is -2.49. The van der Waals surface area contributed by atoms with Crippen LogP contribution >= 0.6 is 0 Å². The SMILES string of the molecule is CC(C)CCNc1ccc2ccc(S(=O)(=O)N(CCC(C)C)C(C(=O)CO)C(C)C)cc2c1. The van der Waals surface area contributed by atoms with Gasteiger partial charge in [-0.2, -0.15) is 4.31 Å². The molecular weight excluding hydrogens is 436 g/mol. The molecule has 6 nitrogen and oxygen atoms in total. The van der Waals surface area contributed by atoms with E-state index in [1.165, 1.54) is 4.31 Å². The lowest BCUT2D eigenvalue weighted by atomic mass is 9.99. The average molecular weight is 477 g/mol. The zero-order valence-electron chi connectivity index (χ0n) is 20.8. The number of sulfonamides is 1. The number of aliphatic hydroxyl groups excluding tert-OH is 1. The van der Waals surface area contributed by atoms with Crippen LogP contribution in [0.2, 0.25) is 0 Å². The molecule has 0 bridgehead atoms. The summed E-state index contributed by atoms with van der Waals surface area (Å²) >= 11 is 0. The normalized spacial score (nSPS) is 13.4. The van der Waals surface area contributed by atoms with Crippen LogP contribution in [0.25, 0.3) is 10.8 Å². The van der Waals surface area contributed by atoms with E-state index in [0.29, 0.717) is 12.3 Å². The Kier molecular flexibility index (Phi) is 9.88. The molecule has 0 fully saturated rings. The standard InChI is InChI=1S/C26H40N2O4S/c1-18(2)11-13-27-23-9-7-21-8-10-24(16-22(21)15-23)33(31,32)28(14-12-19(3)4)26(20(5)6)25(30)17-29/h7-10,15-16,18-20,26-27,29H,11-14,17H2,1-6H3. The quantitative estimate of drug-likeness (QED) is 0.428. The lowest BCUT2D eigenvalue weighted by Gasteiger charge is -2.32. The number of benzene rings is 2. The minimum atomic E-state index is -3.95. The minimum Gasteiger partial charge on any atom is -0.389 e. The maximum atomic E-state index is 13.8. The van der Waals surface area contributed by atoms with Gasteiger partial charge in [0.05, 0.1) is 10.9 Å². The van der Waals surface area contributed by atoms with Gasteiger partial charge in [-0.3, -0.25) is 4.79 Å². The molecule has 2 aromatic rings. The van der Waals surface area contributed by atoms with Gasteiger partial charge in [0.1, 0.15) is 6.61 Å². The van der Waals surface area contributed by atoms with Gasteiger partial charge in [0.25, 0.3) is 0 Å². The summed E-state index contributed by atoms with van der Waals surface area (Å²) in [6.07, 6.45) is 1.67. The fourth-order valence-corrected chi connectivity index (χ4v) is 5.68. The van der Waals surface area contributed by atoms with Crippen LogP contribution in [0, 0.1) is 17.8 Å². The number of fused-ring (bicyclic) bond motifs is 1. The average Bonchev–Trinajstić information content (AvgIpc) is 2.74. The van der Waals surface area contributed by atoms with Crippen molar-refractivity contribution in [1.82, 2.24) is 4.31 Å². The predicted molar refractivity (Wildman–Crippen MR) is 136 cm³/mol. The largest absolute Gasteiger partial charge is 0.389 e. The van der Waals surface area contributed by atoms with Crippen molar-refractivity contribution in [3.05, 3.63) is 36.4 Å². The van der Waals surface area contributed by atoms with Gasteiger partial charge in [0.15, 0.2) is 5.78 Å². The van der Waals surface area contributed by atoms with Crippen molar-refractivity contribution in [2.45, 2.75) is 65.3 Å². The second-order valence-electron chi connectivity index (χ2n) is 9.94. The molecule has 0 aliphatic heterocycles. The third kappa shape index (κ3) is 7.26. The van der Waals surface area contributed by atoms with Crippen LogP contribution < -0.4 is 5.32 Å². The summed E-state index contributed by atoms with van der Waals surface area (Å²) in [5.74, 6) is 0.136. The zero-order valence-corrected chi connectivity index (χ0v) is 21.7. The fraction of sp³-hybridized carbons (Fsp3) is 0.577. The van der Waals surface area contributed by atoms with Gasteiger partial charge in [-0.1, -0.05) is 53.7 Å². The van der Waals surface area contributed by atoms with Gasteiger partial charge in [-0.15, -0.1) is 0 Å². The summed E-state index contributed by atoms with van der Waals surface area (Å²) in [5.41, 5.74) is 0.949. The maximum Gasteiger partial charge on any atom is 0.243 e. The van der Waals surface area contributed by atoms with Crippen LogP contribution in [0.15, 0.2) is 41.3 Å². The number of Topliss-reactive ketones (excluding diaryl/α,β-unsaturated/α-hetero) is 1. The number of nitrogens with zero attached hydrogens (tertiary/aromatic N) is 1. The van der Waals surface area contributed by atoms with Crippen molar-refractivity contribution in [2.24, 2.45) is 17.8 Å². The first-order chi connectivity index (χ1) is 15.5. The molecule has 2 N–H and O–H groups in total. The number of hydrogen-bond acceptors (Lipinski definition) is 5. The van der Waals surface area contributed by atoms with E-state index in [4.69, 9.17) is 0 Å². The van der Waals surface area contributed by atoms with Crippen LogP contribution in [0.4, 0.5) is 5.69 Å². The molecule has 0 radical (unpaired) electrons. The van der Waals surface area contributed by atoms with E-state index in [-0.39, 0.29) is 23.3 Å². The summed E-state index contributed by atoms with van der Waals surface area (Å²) in [7, 11) is -3.95. The number of rotatable bonds is 13. The summed E-state index contributed by atoms with van der Waals surface area (Å²) in [6.45, 7) is 12.4. The summed E-state index contributed by atoms with van der Waals surface area (Å²) < 4.78 is 28.8. The van der Waals surface area contributed by atoms with Gasteiger partial charge in [-0.25, -0.2) is 8.42 Å². The number of nitrogens with one attached hydrogen (secondary N) is 1. The van der Waals surface area contributed by atoms with Gasteiger partial charge in [0, 0.05) is 18.8 Å². The number of carbonyl (C=O) groups excluding carboxylic acids is 1. The summed E-state index contributed by atoms with van der Waals surface area (Å²) in [4.78, 5) is 12.7. The zero-order chi connectivity index (χ0) is 24.8. The Hall–Kier alpha value is -1.96. The first-order valence-electron chi connectivity index (χ1n) is 11.9. The van der Waals surface area contributed by atoms with Crippen molar-refractivity contribution in [2.75, 3.05) is 25.0 Å². The van der Waals surface area contributed by atoms with Gasteiger partial charge >= 0.3 is 0 Å². The second kappa shape index (κ2) is 12.0. The first-order valence-corrected chi connectivity index (χ1v) is 13.3. The van der Waals surface area contributed by atoms with Crippen molar-refractivity contribution < 1.29 is 18.3 Å². The van der Waals surface area contributed by atoms with E-state index in [2.05, 4.69) is 19.2 Å². The Labute approximate surface area is 199 Å². The van der Waals surface area contributed by atoms with Crippen molar-refractivity contribution >= 4 is 32.3 Å². The fourth-order valence-electron chi connectivity index (χ4n) is 3.89. The smallest absolute Gasteiger partial charge is 0.243 e. The van der Waals surface area contributed by atoms with Crippen LogP contribution in [-0.2, 0) is 14.8 Å².